The van der Waals surface area contributed by atoms with Crippen molar-refractivity contribution < 1.29 is 18.4 Å². The number of aliphatic hydroxyl groups excluding tert-OH is 1. The van der Waals surface area contributed by atoms with Gasteiger partial charge in [-0.05, 0) is 18.1 Å². The van der Waals surface area contributed by atoms with Crippen LogP contribution in [-0.4, -0.2) is 27.9 Å². The van der Waals surface area contributed by atoms with Gasteiger partial charge in [0.25, 0.3) is 0 Å². The molecule has 5 nitrogen and oxygen atoms in total. The second-order valence-corrected chi connectivity index (χ2v) is 4.81. The molecule has 20 heavy (non-hydrogen) atoms. The van der Waals surface area contributed by atoms with Crippen molar-refractivity contribution in [1.29, 1.82) is 0 Å². The Hall–Kier alpha value is -1.86. The first-order valence-electron chi connectivity index (χ1n) is 6.29. The van der Waals surface area contributed by atoms with E-state index in [0.29, 0.717) is 30.2 Å². The zero-order chi connectivity index (χ0) is 14.1. The normalized spacial score (nSPS) is 22.4. The third kappa shape index (κ3) is 2.68. The Kier molecular flexibility index (Phi) is 3.45. The van der Waals surface area contributed by atoms with Crippen LogP contribution in [0.2, 0.25) is 0 Å². The van der Waals surface area contributed by atoms with Gasteiger partial charge in [0.05, 0.1) is 12.1 Å². The van der Waals surface area contributed by atoms with Crippen molar-refractivity contribution in [2.75, 3.05) is 6.54 Å². The van der Waals surface area contributed by atoms with Crippen LogP contribution in [0.25, 0.3) is 0 Å². The average Bonchev–Trinajstić information content (AvgIpc) is 3.02. The standard InChI is InChI=1S/C13H13F2N3O2/c14-8-2-1-7(10(15)4-8)3-12-17-13(20-18-12)11-5-9(19)6-16-11/h1-2,4,9,11,16,19H,3,5-6H2/t9-,11-/m1/s1. The Morgan fingerprint density at radius 2 is 2.25 bits per heavy atom. The first-order valence-corrected chi connectivity index (χ1v) is 6.29. The van der Waals surface area contributed by atoms with E-state index in [2.05, 4.69) is 15.5 Å². The molecule has 1 fully saturated rings. The van der Waals surface area contributed by atoms with Gasteiger partial charge in [-0.2, -0.15) is 4.98 Å². The van der Waals surface area contributed by atoms with E-state index in [-0.39, 0.29) is 12.5 Å². The molecular weight excluding hydrogens is 268 g/mol. The number of aromatic nitrogens is 2. The highest BCUT2D eigenvalue weighted by Gasteiger charge is 2.28. The van der Waals surface area contributed by atoms with Gasteiger partial charge in [0, 0.05) is 19.0 Å². The van der Waals surface area contributed by atoms with Crippen LogP contribution >= 0.6 is 0 Å². The van der Waals surface area contributed by atoms with Crippen molar-refractivity contribution >= 4 is 0 Å². The number of nitrogens with one attached hydrogen (secondary N) is 1. The minimum Gasteiger partial charge on any atom is -0.392 e. The van der Waals surface area contributed by atoms with E-state index in [1.165, 1.54) is 12.1 Å². The van der Waals surface area contributed by atoms with Crippen LogP contribution in [0.5, 0.6) is 0 Å². The number of benzene rings is 1. The summed E-state index contributed by atoms with van der Waals surface area (Å²) in [7, 11) is 0. The van der Waals surface area contributed by atoms with Crippen LogP contribution in [0, 0.1) is 11.6 Å². The Morgan fingerprint density at radius 3 is 2.95 bits per heavy atom. The van der Waals surface area contributed by atoms with E-state index in [1.807, 2.05) is 0 Å². The Bertz CT molecular complexity index is 617. The van der Waals surface area contributed by atoms with E-state index >= 15 is 0 Å². The van der Waals surface area contributed by atoms with Gasteiger partial charge >= 0.3 is 0 Å². The van der Waals surface area contributed by atoms with Crippen molar-refractivity contribution in [1.82, 2.24) is 15.5 Å². The summed E-state index contributed by atoms with van der Waals surface area (Å²) in [6.07, 6.45) is 0.210. The fourth-order valence-electron chi connectivity index (χ4n) is 2.22. The van der Waals surface area contributed by atoms with Crippen molar-refractivity contribution in [3.05, 3.63) is 47.1 Å². The topological polar surface area (TPSA) is 71.2 Å². The summed E-state index contributed by atoms with van der Waals surface area (Å²) in [6, 6.07) is 3.20. The number of halogens is 2. The van der Waals surface area contributed by atoms with E-state index in [0.717, 1.165) is 6.07 Å². The second-order valence-electron chi connectivity index (χ2n) is 4.81. The molecule has 1 aliphatic heterocycles. The van der Waals surface area contributed by atoms with Crippen LogP contribution in [0.3, 0.4) is 0 Å². The van der Waals surface area contributed by atoms with Crippen molar-refractivity contribution in [3.63, 3.8) is 0 Å². The number of β-amino-alcohol motifs (C(OH)–C–C–N with tert-alkyl or cyclic N) is 1. The predicted molar refractivity (Wildman–Crippen MR) is 64.8 cm³/mol. The molecule has 0 saturated carbocycles. The number of nitrogens with zero attached hydrogens (tertiary/aromatic N) is 2. The average molecular weight is 281 g/mol. The smallest absolute Gasteiger partial charge is 0.243 e. The molecule has 0 spiro atoms. The summed E-state index contributed by atoms with van der Waals surface area (Å²) in [5.41, 5.74) is 0.304. The molecule has 2 atom stereocenters. The van der Waals surface area contributed by atoms with Gasteiger partial charge in [-0.1, -0.05) is 11.2 Å². The van der Waals surface area contributed by atoms with Crippen molar-refractivity contribution in [3.8, 4) is 0 Å². The molecule has 1 aromatic carbocycles. The van der Waals surface area contributed by atoms with Crippen LogP contribution in [0.15, 0.2) is 22.7 Å². The van der Waals surface area contributed by atoms with Crippen LogP contribution < -0.4 is 5.32 Å². The molecule has 2 heterocycles. The molecule has 0 bridgehead atoms. The van der Waals surface area contributed by atoms with Gasteiger partial charge in [-0.3, -0.25) is 0 Å². The fourth-order valence-corrected chi connectivity index (χ4v) is 2.22. The molecule has 1 aromatic heterocycles. The Balaban J connectivity index is 1.74. The molecule has 2 N–H and O–H groups in total. The van der Waals surface area contributed by atoms with Crippen LogP contribution in [0.4, 0.5) is 8.78 Å². The zero-order valence-corrected chi connectivity index (χ0v) is 10.5. The lowest BCUT2D eigenvalue weighted by atomic mass is 10.1. The number of rotatable bonds is 3. The van der Waals surface area contributed by atoms with Crippen LogP contribution in [0.1, 0.15) is 29.7 Å². The molecule has 0 radical (unpaired) electrons. The third-order valence-corrected chi connectivity index (χ3v) is 3.25. The number of hydrogen-bond donors (Lipinski definition) is 2. The van der Waals surface area contributed by atoms with Gasteiger partial charge < -0.3 is 14.9 Å². The Labute approximate surface area is 113 Å². The summed E-state index contributed by atoms with van der Waals surface area (Å²) in [5, 5.41) is 16.3. The largest absolute Gasteiger partial charge is 0.392 e. The number of hydrogen-bond acceptors (Lipinski definition) is 5. The van der Waals surface area contributed by atoms with Crippen molar-refractivity contribution in [2.24, 2.45) is 0 Å². The molecule has 1 aliphatic rings. The maximum Gasteiger partial charge on any atom is 0.243 e. The minimum atomic E-state index is -0.634. The first kappa shape index (κ1) is 13.1. The molecule has 2 aromatic rings. The summed E-state index contributed by atoms with van der Waals surface area (Å²) in [6.45, 7) is 0.481. The Morgan fingerprint density at radius 1 is 1.40 bits per heavy atom. The van der Waals surface area contributed by atoms with E-state index in [4.69, 9.17) is 4.52 Å². The first-order chi connectivity index (χ1) is 9.61. The second kappa shape index (κ2) is 5.26. The minimum absolute atomic E-state index is 0.130. The van der Waals surface area contributed by atoms with E-state index in [9.17, 15) is 13.9 Å². The van der Waals surface area contributed by atoms with Gasteiger partial charge in [0.2, 0.25) is 5.89 Å². The van der Waals surface area contributed by atoms with Gasteiger partial charge in [-0.15, -0.1) is 0 Å². The van der Waals surface area contributed by atoms with Crippen LogP contribution in [-0.2, 0) is 6.42 Å². The SMILES string of the molecule is O[C@H]1CN[C@@H](c2nc(Cc3ccc(F)cc3F)no2)C1. The van der Waals surface area contributed by atoms with Gasteiger partial charge in [0.1, 0.15) is 11.6 Å². The quantitative estimate of drug-likeness (QED) is 0.888. The van der Waals surface area contributed by atoms with Gasteiger partial charge in [-0.25, -0.2) is 8.78 Å². The molecule has 0 aliphatic carbocycles. The lowest BCUT2D eigenvalue weighted by Crippen LogP contribution is -2.15. The maximum absolute atomic E-state index is 13.5. The molecule has 1 saturated heterocycles. The van der Waals surface area contributed by atoms with E-state index in [1.54, 1.807) is 0 Å². The zero-order valence-electron chi connectivity index (χ0n) is 10.5. The maximum atomic E-state index is 13.5. The predicted octanol–water partition coefficient (Wildman–Crippen LogP) is 1.33. The molecule has 106 valence electrons. The highest BCUT2D eigenvalue weighted by atomic mass is 19.1. The lowest BCUT2D eigenvalue weighted by molar-refractivity contribution is 0.191. The third-order valence-electron chi connectivity index (χ3n) is 3.25. The summed E-state index contributed by atoms with van der Waals surface area (Å²) >= 11 is 0. The fraction of sp³-hybridized carbons (Fsp3) is 0.385. The number of aliphatic hydroxyl groups is 1. The molecule has 3 rings (SSSR count). The molecule has 7 heteroatoms. The van der Waals surface area contributed by atoms with Crippen molar-refractivity contribution in [2.45, 2.75) is 25.0 Å². The van der Waals surface area contributed by atoms with Gasteiger partial charge in [0.15, 0.2) is 5.82 Å². The molecule has 0 amide bonds. The van der Waals surface area contributed by atoms with E-state index < -0.39 is 17.7 Å². The summed E-state index contributed by atoms with van der Waals surface area (Å²) in [4.78, 5) is 4.17. The molecule has 0 unspecified atom stereocenters. The highest BCUT2D eigenvalue weighted by molar-refractivity contribution is 5.21. The molecular formula is C13H13F2N3O2. The lowest BCUT2D eigenvalue weighted by Gasteiger charge is -2.01. The summed E-state index contributed by atoms with van der Waals surface area (Å²) in [5.74, 6) is -0.553. The summed E-state index contributed by atoms with van der Waals surface area (Å²) < 4.78 is 31.4. The highest BCUT2D eigenvalue weighted by Crippen LogP contribution is 2.22. The monoisotopic (exact) mass is 281 g/mol.